The fourth-order valence-electron chi connectivity index (χ4n) is 3.85. The fraction of sp³-hybridized carbons (Fsp3) is 0.419. The lowest BCUT2D eigenvalue weighted by atomic mass is 10.0. The number of ketones is 1. The number of hydrogen-bond acceptors (Lipinski definition) is 6. The number of amides is 7. The number of hydrogen-bond donors (Lipinski definition) is 7. The Bertz CT molecular complexity index is 1350. The summed E-state index contributed by atoms with van der Waals surface area (Å²) < 4.78 is 28.5. The molecule has 2 rings (SSSR count). The normalized spacial score (nSPS) is 11.7. The Kier molecular flexibility index (Phi) is 18.3. The first kappa shape index (κ1) is 41.9. The molecule has 264 valence electrons. The van der Waals surface area contributed by atoms with Gasteiger partial charge in [0.2, 0.25) is 17.7 Å². The van der Waals surface area contributed by atoms with E-state index in [0.29, 0.717) is 21.8 Å². The van der Waals surface area contributed by atoms with Crippen LogP contribution in [0.5, 0.6) is 0 Å². The Hall–Kier alpha value is -4.12. The number of halogens is 4. The molecule has 1 unspecified atom stereocenters. The molecule has 0 aliphatic heterocycles. The highest BCUT2D eigenvalue weighted by atomic mass is 79.9. The molecule has 0 aromatic heterocycles. The van der Waals surface area contributed by atoms with E-state index in [1.54, 1.807) is 12.1 Å². The van der Waals surface area contributed by atoms with E-state index in [4.69, 9.17) is 5.73 Å². The first-order valence-electron chi connectivity index (χ1n) is 14.8. The van der Waals surface area contributed by atoms with Crippen molar-refractivity contribution in [1.82, 2.24) is 21.3 Å². The monoisotopic (exact) mass is 803 g/mol. The van der Waals surface area contributed by atoms with Gasteiger partial charge in [0.25, 0.3) is 0 Å². The summed E-state index contributed by atoms with van der Waals surface area (Å²) in [7, 11) is 0. The van der Waals surface area contributed by atoms with Crippen molar-refractivity contribution in [1.29, 1.82) is 0 Å². The predicted octanol–water partition coefficient (Wildman–Crippen LogP) is 4.56. The van der Waals surface area contributed by atoms with E-state index >= 15 is 0 Å². The van der Waals surface area contributed by atoms with Crippen LogP contribution < -0.4 is 37.6 Å². The summed E-state index contributed by atoms with van der Waals surface area (Å²) in [5, 5.41) is 14.5. The maximum absolute atomic E-state index is 13.7. The summed E-state index contributed by atoms with van der Waals surface area (Å²) in [5.74, 6) is -2.82. The van der Waals surface area contributed by atoms with Gasteiger partial charge < -0.3 is 37.6 Å². The van der Waals surface area contributed by atoms with Crippen molar-refractivity contribution in [2.75, 3.05) is 23.7 Å². The highest BCUT2D eigenvalue weighted by Gasteiger charge is 2.24. The van der Waals surface area contributed by atoms with Crippen LogP contribution in [-0.2, 0) is 19.2 Å². The van der Waals surface area contributed by atoms with Crippen LogP contribution in [0.3, 0.4) is 0 Å². The van der Waals surface area contributed by atoms with E-state index in [-0.39, 0.29) is 42.1 Å². The minimum Gasteiger partial charge on any atom is -0.368 e. The molecule has 0 aliphatic rings. The second-order valence-electron chi connectivity index (χ2n) is 11.4. The number of primary amides is 1. The molecule has 17 heteroatoms. The molecule has 7 amide bonds. The van der Waals surface area contributed by atoms with Crippen molar-refractivity contribution in [2.45, 2.75) is 59.5 Å². The third kappa shape index (κ3) is 17.2. The number of urea groups is 2. The largest absolute Gasteiger partial charge is 0.368 e. The third-order valence-corrected chi connectivity index (χ3v) is 6.95. The van der Waals surface area contributed by atoms with Gasteiger partial charge in [-0.05, 0) is 68.0 Å². The minimum atomic E-state index is -0.872. The van der Waals surface area contributed by atoms with Crippen LogP contribution >= 0.6 is 31.9 Å². The van der Waals surface area contributed by atoms with Gasteiger partial charge in [0.15, 0.2) is 0 Å². The summed E-state index contributed by atoms with van der Waals surface area (Å²) in [4.78, 5) is 69.9. The summed E-state index contributed by atoms with van der Waals surface area (Å²) in [6, 6.07) is 5.28. The summed E-state index contributed by atoms with van der Waals surface area (Å²) in [6.45, 7) is 8.49. The summed E-state index contributed by atoms with van der Waals surface area (Å²) in [6.07, 6.45) is 0.737. The number of Topliss-reactive ketones (excluding diaryl/α,β-unsaturated/α-hetero) is 1. The second kappa shape index (κ2) is 21.0. The van der Waals surface area contributed by atoms with Gasteiger partial charge in [-0.1, -0.05) is 59.6 Å². The fourth-order valence-corrected chi connectivity index (χ4v) is 4.52. The zero-order valence-electron chi connectivity index (χ0n) is 27.1. The van der Waals surface area contributed by atoms with Crippen molar-refractivity contribution in [3.05, 3.63) is 57.0 Å². The van der Waals surface area contributed by atoms with Crippen molar-refractivity contribution in [3.63, 3.8) is 0 Å². The van der Waals surface area contributed by atoms with Gasteiger partial charge in [-0.25, -0.2) is 18.4 Å². The average molecular weight is 806 g/mol. The zero-order chi connectivity index (χ0) is 36.6. The highest BCUT2D eigenvalue weighted by Crippen LogP contribution is 2.20. The van der Waals surface area contributed by atoms with Gasteiger partial charge >= 0.3 is 12.1 Å². The van der Waals surface area contributed by atoms with Gasteiger partial charge in [-0.3, -0.25) is 19.2 Å². The Balaban J connectivity index is 0.000000480. The van der Waals surface area contributed by atoms with Gasteiger partial charge in [0.05, 0.1) is 24.5 Å². The molecule has 2 aromatic carbocycles. The quantitative estimate of drug-likeness (QED) is 0.146. The molecule has 0 radical (unpaired) electrons. The Morgan fingerprint density at radius 1 is 0.688 bits per heavy atom. The molecule has 0 spiro atoms. The number of nitrogens with one attached hydrogen (secondary N) is 6. The van der Waals surface area contributed by atoms with E-state index in [0.717, 1.165) is 0 Å². The number of anilines is 2. The van der Waals surface area contributed by atoms with Crippen molar-refractivity contribution in [3.8, 4) is 0 Å². The zero-order valence-corrected chi connectivity index (χ0v) is 30.3. The van der Waals surface area contributed by atoms with Gasteiger partial charge in [-0.2, -0.15) is 0 Å². The van der Waals surface area contributed by atoms with Crippen LogP contribution in [0.1, 0.15) is 47.5 Å². The number of nitrogens with two attached hydrogens (primary N) is 1. The maximum Gasteiger partial charge on any atom is 0.319 e. The standard InChI is InChI=1S/C16H21BrFN3O3.C15H20BrFN4O3/c1-9(2)6-14(15(23)19-8-10(3)22)21-16(24)20-13-5-4-11(17)7-12(13)18;1-8(2)5-12(14(23)19-7-13(18)22)21-15(24)20-11-4-3-9(16)6-10(11)17/h4-5,7,9,14H,6,8H2,1-3H3,(H,19,23)(H2,20,21,24);3-4,6,8,12H,5,7H2,1-2H3,(H2,18,22)(H,19,23)(H2,20,21,24)/t14-;/m0./s1. The minimum absolute atomic E-state index is 0.00291. The van der Waals surface area contributed by atoms with Crippen LogP contribution in [0.2, 0.25) is 0 Å². The number of carbonyl (C=O) groups excluding carboxylic acids is 6. The molecule has 0 saturated heterocycles. The molecule has 0 fully saturated rings. The Labute approximate surface area is 294 Å². The first-order chi connectivity index (χ1) is 22.4. The highest BCUT2D eigenvalue weighted by molar-refractivity contribution is 9.10. The molecule has 0 saturated carbocycles. The Morgan fingerprint density at radius 2 is 1.06 bits per heavy atom. The third-order valence-electron chi connectivity index (χ3n) is 5.96. The topological polar surface area (TPSA) is 201 Å². The predicted molar refractivity (Wildman–Crippen MR) is 185 cm³/mol. The van der Waals surface area contributed by atoms with E-state index in [2.05, 4.69) is 63.8 Å². The van der Waals surface area contributed by atoms with Crippen LogP contribution in [0.25, 0.3) is 0 Å². The SMILES string of the molecule is CC(=O)CNC(=O)[C@H](CC(C)C)NC(=O)Nc1ccc(Br)cc1F.CC(C)CC(NC(=O)Nc1ccc(Br)cc1F)C(=O)NCC(N)=O. The van der Waals surface area contributed by atoms with Gasteiger partial charge in [0, 0.05) is 8.95 Å². The second-order valence-corrected chi connectivity index (χ2v) is 13.2. The molecular formula is C31H41Br2F2N7O6. The molecule has 0 heterocycles. The van der Waals surface area contributed by atoms with Crippen molar-refractivity contribution < 1.29 is 37.5 Å². The molecule has 13 nitrogen and oxygen atoms in total. The maximum atomic E-state index is 13.7. The van der Waals surface area contributed by atoms with E-state index in [9.17, 15) is 37.5 Å². The smallest absolute Gasteiger partial charge is 0.319 e. The van der Waals surface area contributed by atoms with E-state index < -0.39 is 53.5 Å². The Morgan fingerprint density at radius 3 is 1.38 bits per heavy atom. The van der Waals surface area contributed by atoms with Crippen molar-refractivity contribution in [2.24, 2.45) is 17.6 Å². The molecule has 2 aromatic rings. The van der Waals surface area contributed by atoms with Gasteiger partial charge in [-0.15, -0.1) is 0 Å². The first-order valence-corrected chi connectivity index (χ1v) is 16.3. The lowest BCUT2D eigenvalue weighted by Crippen LogP contribution is -2.50. The van der Waals surface area contributed by atoms with E-state index in [1.807, 2.05) is 27.7 Å². The number of benzene rings is 2. The summed E-state index contributed by atoms with van der Waals surface area (Å²) in [5.41, 5.74) is 4.96. The van der Waals surface area contributed by atoms with Gasteiger partial charge in [0.1, 0.15) is 29.5 Å². The molecule has 0 bridgehead atoms. The molecular weight excluding hydrogens is 764 g/mol. The van der Waals surface area contributed by atoms with E-state index in [1.165, 1.54) is 31.2 Å². The number of rotatable bonds is 14. The van der Waals surface area contributed by atoms with Crippen LogP contribution in [0.15, 0.2) is 45.3 Å². The molecule has 48 heavy (non-hydrogen) atoms. The van der Waals surface area contributed by atoms with Crippen LogP contribution in [0.4, 0.5) is 29.7 Å². The summed E-state index contributed by atoms with van der Waals surface area (Å²) >= 11 is 6.25. The molecule has 2 atom stereocenters. The number of carbonyl (C=O) groups is 6. The molecule has 0 aliphatic carbocycles. The lowest BCUT2D eigenvalue weighted by molar-refractivity contribution is -0.126. The van der Waals surface area contributed by atoms with Crippen molar-refractivity contribution >= 4 is 78.8 Å². The van der Waals surface area contributed by atoms with Crippen LogP contribution in [0, 0.1) is 23.5 Å². The molecule has 8 N–H and O–H groups in total. The average Bonchev–Trinajstić information content (AvgIpc) is 2.96. The van der Waals surface area contributed by atoms with Crippen LogP contribution in [-0.4, -0.2) is 60.7 Å². The lowest BCUT2D eigenvalue weighted by Gasteiger charge is -2.20.